The van der Waals surface area contributed by atoms with Crippen molar-refractivity contribution in [2.75, 3.05) is 5.32 Å². The SMILES string of the molecule is NC(=NC(=NCc1ccccc1)c1ccccc1)c1cccc2c1sc1cc3c(cc12)oc1ccc(Nc2ccccc2-c2ccccc2)cc13. The first kappa shape index (κ1) is 30.6. The third kappa shape index (κ3) is 5.92. The van der Waals surface area contributed by atoms with E-state index in [1.807, 2.05) is 72.8 Å². The summed E-state index contributed by atoms with van der Waals surface area (Å²) in [5.74, 6) is 1.04. The summed E-state index contributed by atoms with van der Waals surface area (Å²) in [4.78, 5) is 9.83. The molecule has 0 atom stereocenters. The molecular weight excluding hydrogens is 645 g/mol. The van der Waals surface area contributed by atoms with E-state index in [0.29, 0.717) is 18.2 Å². The number of nitrogens with one attached hydrogen (secondary N) is 1. The minimum atomic E-state index is 0.434. The lowest BCUT2D eigenvalue weighted by atomic mass is 10.0. The second-order valence-corrected chi connectivity index (χ2v) is 13.5. The van der Waals surface area contributed by atoms with Crippen LogP contribution in [0.5, 0.6) is 0 Å². The van der Waals surface area contributed by atoms with Gasteiger partial charge in [-0.25, -0.2) is 4.99 Å². The predicted molar refractivity (Wildman–Crippen MR) is 216 cm³/mol. The smallest absolute Gasteiger partial charge is 0.157 e. The third-order valence-corrected chi connectivity index (χ3v) is 10.4. The van der Waals surface area contributed by atoms with E-state index >= 15 is 0 Å². The van der Waals surface area contributed by atoms with Gasteiger partial charge in [-0.05, 0) is 53.6 Å². The van der Waals surface area contributed by atoms with Crippen LogP contribution in [0.1, 0.15) is 16.7 Å². The normalized spacial score (nSPS) is 12.3. The van der Waals surface area contributed by atoms with Gasteiger partial charge >= 0.3 is 0 Å². The number of furan rings is 1. The van der Waals surface area contributed by atoms with E-state index in [0.717, 1.165) is 75.7 Å². The van der Waals surface area contributed by atoms with Crippen molar-refractivity contribution in [3.8, 4) is 11.1 Å². The standard InChI is InChI=1S/C45H32N4OS/c46-44(49-45(31-17-8-3-9-18-31)47-28-29-13-4-1-5-14-29)35-21-12-20-34-38-26-41-37(27-42(38)51-43(34)35)36-25-32(23-24-40(36)50-41)48-39-22-11-10-19-33(39)30-15-6-2-7-16-30/h1-27,48H,28H2,(H2,46,47,49). The molecule has 244 valence electrons. The van der Waals surface area contributed by atoms with Crippen molar-refractivity contribution < 1.29 is 4.42 Å². The van der Waals surface area contributed by atoms with Crippen LogP contribution in [0.4, 0.5) is 11.4 Å². The first-order chi connectivity index (χ1) is 25.2. The Balaban J connectivity index is 1.10. The number of thiophene rings is 1. The van der Waals surface area contributed by atoms with E-state index in [-0.39, 0.29) is 0 Å². The largest absolute Gasteiger partial charge is 0.456 e. The van der Waals surface area contributed by atoms with Crippen LogP contribution in [-0.2, 0) is 6.54 Å². The molecule has 0 amide bonds. The molecule has 7 aromatic carbocycles. The third-order valence-electron chi connectivity index (χ3n) is 9.17. The molecule has 9 aromatic rings. The molecule has 2 heterocycles. The number of nitrogens with two attached hydrogens (primary N) is 1. The van der Waals surface area contributed by atoms with Crippen molar-refractivity contribution in [1.82, 2.24) is 0 Å². The fourth-order valence-electron chi connectivity index (χ4n) is 6.67. The van der Waals surface area contributed by atoms with Crippen molar-refractivity contribution in [1.29, 1.82) is 0 Å². The quantitative estimate of drug-likeness (QED) is 0.130. The number of benzene rings is 7. The van der Waals surface area contributed by atoms with Gasteiger partial charge in [-0.2, -0.15) is 0 Å². The number of para-hydroxylation sites is 1. The maximum absolute atomic E-state index is 6.82. The number of anilines is 2. The highest BCUT2D eigenvalue weighted by atomic mass is 32.1. The molecular formula is C45H32N4OS. The number of hydrogen-bond acceptors (Lipinski definition) is 4. The molecule has 51 heavy (non-hydrogen) atoms. The maximum Gasteiger partial charge on any atom is 0.157 e. The van der Waals surface area contributed by atoms with Gasteiger partial charge in [0.2, 0.25) is 0 Å². The zero-order valence-corrected chi connectivity index (χ0v) is 28.4. The van der Waals surface area contributed by atoms with E-state index < -0.39 is 0 Å². The van der Waals surface area contributed by atoms with Crippen molar-refractivity contribution in [3.63, 3.8) is 0 Å². The molecule has 0 spiro atoms. The number of aliphatic imine (C=N–C) groups is 2. The van der Waals surface area contributed by atoms with Crippen LogP contribution < -0.4 is 11.1 Å². The molecule has 2 aromatic heterocycles. The van der Waals surface area contributed by atoms with Gasteiger partial charge in [-0.3, -0.25) is 4.99 Å². The topological polar surface area (TPSA) is 75.9 Å². The van der Waals surface area contributed by atoms with Crippen molar-refractivity contribution >= 4 is 76.5 Å². The zero-order valence-electron chi connectivity index (χ0n) is 27.6. The van der Waals surface area contributed by atoms with Gasteiger partial charge in [-0.1, -0.05) is 121 Å². The number of fused-ring (bicyclic) bond motifs is 6. The van der Waals surface area contributed by atoms with Crippen LogP contribution in [0.25, 0.3) is 53.2 Å². The summed E-state index contributed by atoms with van der Waals surface area (Å²) in [6.45, 7) is 0.513. The van der Waals surface area contributed by atoms with Gasteiger partial charge in [0.25, 0.3) is 0 Å². The van der Waals surface area contributed by atoms with Crippen molar-refractivity contribution in [2.24, 2.45) is 15.7 Å². The Morgan fingerprint density at radius 2 is 1.35 bits per heavy atom. The van der Waals surface area contributed by atoms with E-state index in [4.69, 9.17) is 20.1 Å². The van der Waals surface area contributed by atoms with Crippen LogP contribution >= 0.6 is 11.3 Å². The fourth-order valence-corrected chi connectivity index (χ4v) is 7.91. The minimum Gasteiger partial charge on any atom is -0.456 e. The second-order valence-electron chi connectivity index (χ2n) is 12.5. The van der Waals surface area contributed by atoms with Crippen LogP contribution in [-0.4, -0.2) is 11.7 Å². The molecule has 0 radical (unpaired) electrons. The molecule has 5 nitrogen and oxygen atoms in total. The van der Waals surface area contributed by atoms with Gasteiger partial charge in [0, 0.05) is 59.0 Å². The van der Waals surface area contributed by atoms with Crippen LogP contribution in [0.3, 0.4) is 0 Å². The first-order valence-electron chi connectivity index (χ1n) is 16.9. The molecule has 0 aliphatic rings. The van der Waals surface area contributed by atoms with Crippen molar-refractivity contribution in [3.05, 3.63) is 180 Å². The van der Waals surface area contributed by atoms with Crippen LogP contribution in [0.2, 0.25) is 0 Å². The molecule has 0 aliphatic heterocycles. The average Bonchev–Trinajstić information content (AvgIpc) is 3.73. The molecule has 0 saturated carbocycles. The number of nitrogens with zero attached hydrogens (tertiary/aromatic N) is 2. The number of rotatable bonds is 7. The Bertz CT molecular complexity index is 2750. The first-order valence-corrected chi connectivity index (χ1v) is 17.7. The monoisotopic (exact) mass is 676 g/mol. The van der Waals surface area contributed by atoms with E-state index in [9.17, 15) is 0 Å². The lowest BCUT2D eigenvalue weighted by Crippen LogP contribution is -2.16. The summed E-state index contributed by atoms with van der Waals surface area (Å²) >= 11 is 1.72. The Morgan fingerprint density at radius 3 is 2.18 bits per heavy atom. The van der Waals surface area contributed by atoms with Crippen LogP contribution in [0.15, 0.2) is 178 Å². The maximum atomic E-state index is 6.82. The Labute approximate surface area is 299 Å². The summed E-state index contributed by atoms with van der Waals surface area (Å²) in [6.07, 6.45) is 0. The highest BCUT2D eigenvalue weighted by molar-refractivity contribution is 7.26. The summed E-state index contributed by atoms with van der Waals surface area (Å²) in [5, 5.41) is 8.06. The van der Waals surface area contributed by atoms with E-state index in [2.05, 4.69) is 96.3 Å². The Kier molecular flexibility index (Phi) is 7.84. The summed E-state index contributed by atoms with van der Waals surface area (Å²) < 4.78 is 8.68. The molecule has 0 unspecified atom stereocenters. The lowest BCUT2D eigenvalue weighted by Gasteiger charge is -2.12. The predicted octanol–water partition coefficient (Wildman–Crippen LogP) is 11.7. The molecule has 0 bridgehead atoms. The molecule has 0 fully saturated rings. The second kappa shape index (κ2) is 13.1. The van der Waals surface area contributed by atoms with Gasteiger partial charge in [0.1, 0.15) is 17.0 Å². The van der Waals surface area contributed by atoms with Crippen LogP contribution in [0, 0.1) is 0 Å². The minimum absolute atomic E-state index is 0.434. The van der Waals surface area contributed by atoms with E-state index in [1.165, 1.54) is 5.56 Å². The molecule has 0 saturated heterocycles. The number of amidine groups is 2. The zero-order chi connectivity index (χ0) is 34.1. The van der Waals surface area contributed by atoms with Gasteiger partial charge in [-0.15, -0.1) is 11.3 Å². The van der Waals surface area contributed by atoms with Gasteiger partial charge in [0.15, 0.2) is 5.84 Å². The van der Waals surface area contributed by atoms with Gasteiger partial charge in [0.05, 0.1) is 6.54 Å². The lowest BCUT2D eigenvalue weighted by molar-refractivity contribution is 0.669. The highest BCUT2D eigenvalue weighted by Gasteiger charge is 2.16. The summed E-state index contributed by atoms with van der Waals surface area (Å²) in [7, 11) is 0. The van der Waals surface area contributed by atoms with Gasteiger partial charge < -0.3 is 15.5 Å². The molecule has 6 heteroatoms. The molecule has 3 N–H and O–H groups in total. The van der Waals surface area contributed by atoms with E-state index in [1.54, 1.807) is 11.3 Å². The average molecular weight is 677 g/mol. The Morgan fingerprint density at radius 1 is 0.627 bits per heavy atom. The molecule has 0 aliphatic carbocycles. The summed E-state index contributed by atoms with van der Waals surface area (Å²) in [5.41, 5.74) is 15.8. The molecule has 9 rings (SSSR count). The summed E-state index contributed by atoms with van der Waals surface area (Å²) in [6, 6.07) is 56.0. The highest BCUT2D eigenvalue weighted by Crippen LogP contribution is 2.41. The van der Waals surface area contributed by atoms with Crippen molar-refractivity contribution in [2.45, 2.75) is 6.54 Å². The Hall–Kier alpha value is -6.50. The fraction of sp³-hybridized carbons (Fsp3) is 0.0222. The number of hydrogen-bond donors (Lipinski definition) is 2.